The van der Waals surface area contributed by atoms with E-state index in [1.54, 1.807) is 0 Å². The van der Waals surface area contributed by atoms with Gasteiger partial charge >= 0.3 is 6.18 Å². The molecule has 0 saturated heterocycles. The second kappa shape index (κ2) is 8.18. The lowest BCUT2D eigenvalue weighted by atomic mass is 10.2. The molecule has 0 aliphatic rings. The Labute approximate surface area is 146 Å². The van der Waals surface area contributed by atoms with Crippen molar-refractivity contribution >= 4 is 17.5 Å². The Kier molecular flexibility index (Phi) is 6.22. The van der Waals surface area contributed by atoms with E-state index < -0.39 is 11.7 Å². The number of hydrogen-bond acceptors (Lipinski definition) is 4. The number of aromatic nitrogens is 2. The number of alkyl halides is 3. The SMILES string of the molecule is CCCN(CCC)c1cc(C)nc(Nc2ccc(C(F)(F)F)cc2)n1. The van der Waals surface area contributed by atoms with Crippen LogP contribution in [0.2, 0.25) is 0 Å². The predicted molar refractivity (Wildman–Crippen MR) is 94.3 cm³/mol. The molecule has 2 aromatic rings. The van der Waals surface area contributed by atoms with E-state index in [2.05, 4.69) is 34.0 Å². The molecule has 0 aliphatic carbocycles. The van der Waals surface area contributed by atoms with Gasteiger partial charge in [0.05, 0.1) is 5.56 Å². The van der Waals surface area contributed by atoms with Crippen LogP contribution in [-0.2, 0) is 6.18 Å². The predicted octanol–water partition coefficient (Wildman–Crippen LogP) is 5.17. The van der Waals surface area contributed by atoms with Crippen LogP contribution in [0.5, 0.6) is 0 Å². The van der Waals surface area contributed by atoms with Crippen LogP contribution in [0, 0.1) is 6.92 Å². The molecule has 0 saturated carbocycles. The number of nitrogens with zero attached hydrogens (tertiary/aromatic N) is 3. The average molecular weight is 352 g/mol. The maximum Gasteiger partial charge on any atom is 0.416 e. The quantitative estimate of drug-likeness (QED) is 0.746. The molecule has 136 valence electrons. The zero-order valence-electron chi connectivity index (χ0n) is 14.7. The monoisotopic (exact) mass is 352 g/mol. The molecule has 0 amide bonds. The topological polar surface area (TPSA) is 41.1 Å². The average Bonchev–Trinajstić information content (AvgIpc) is 2.54. The number of aryl methyl sites for hydroxylation is 1. The van der Waals surface area contributed by atoms with Crippen molar-refractivity contribution in [2.24, 2.45) is 0 Å². The maximum absolute atomic E-state index is 12.6. The lowest BCUT2D eigenvalue weighted by Crippen LogP contribution is -2.26. The van der Waals surface area contributed by atoms with Crippen molar-refractivity contribution in [1.29, 1.82) is 0 Å². The van der Waals surface area contributed by atoms with Crippen molar-refractivity contribution in [1.82, 2.24) is 9.97 Å². The second-order valence-corrected chi connectivity index (χ2v) is 5.88. The van der Waals surface area contributed by atoms with Crippen LogP contribution in [0.1, 0.15) is 37.9 Å². The Morgan fingerprint density at radius 1 is 1.00 bits per heavy atom. The largest absolute Gasteiger partial charge is 0.416 e. The molecule has 0 unspecified atom stereocenters. The van der Waals surface area contributed by atoms with E-state index in [4.69, 9.17) is 0 Å². The van der Waals surface area contributed by atoms with E-state index >= 15 is 0 Å². The molecule has 2 rings (SSSR count). The van der Waals surface area contributed by atoms with Crippen molar-refractivity contribution < 1.29 is 13.2 Å². The first-order valence-corrected chi connectivity index (χ1v) is 8.38. The van der Waals surface area contributed by atoms with Gasteiger partial charge in [0.15, 0.2) is 0 Å². The van der Waals surface area contributed by atoms with E-state index in [-0.39, 0.29) is 0 Å². The van der Waals surface area contributed by atoms with Crippen LogP contribution in [0.3, 0.4) is 0 Å². The van der Waals surface area contributed by atoms with Crippen molar-refractivity contribution in [2.75, 3.05) is 23.3 Å². The molecule has 1 aromatic heterocycles. The van der Waals surface area contributed by atoms with E-state index in [1.807, 2.05) is 13.0 Å². The van der Waals surface area contributed by atoms with E-state index in [9.17, 15) is 13.2 Å². The molecular formula is C18H23F3N4. The van der Waals surface area contributed by atoms with E-state index in [1.165, 1.54) is 12.1 Å². The summed E-state index contributed by atoms with van der Waals surface area (Å²) < 4.78 is 37.9. The van der Waals surface area contributed by atoms with Crippen molar-refractivity contribution in [3.8, 4) is 0 Å². The minimum Gasteiger partial charge on any atom is -0.356 e. The molecule has 1 heterocycles. The zero-order valence-corrected chi connectivity index (χ0v) is 14.7. The third kappa shape index (κ3) is 5.34. The van der Waals surface area contributed by atoms with Gasteiger partial charge in [0.25, 0.3) is 0 Å². The fraction of sp³-hybridized carbons (Fsp3) is 0.444. The van der Waals surface area contributed by atoms with Crippen molar-refractivity contribution in [2.45, 2.75) is 39.8 Å². The summed E-state index contributed by atoms with van der Waals surface area (Å²) in [7, 11) is 0. The molecule has 0 aliphatic heterocycles. The highest BCUT2D eigenvalue weighted by Gasteiger charge is 2.29. The molecule has 0 fully saturated rings. The van der Waals surface area contributed by atoms with Crippen LogP contribution in [0.4, 0.5) is 30.6 Å². The van der Waals surface area contributed by atoms with E-state index in [0.29, 0.717) is 11.6 Å². The maximum atomic E-state index is 12.6. The van der Waals surface area contributed by atoms with Crippen molar-refractivity contribution in [3.63, 3.8) is 0 Å². The van der Waals surface area contributed by atoms with Gasteiger partial charge in [-0.2, -0.15) is 18.2 Å². The first-order valence-electron chi connectivity index (χ1n) is 8.38. The van der Waals surface area contributed by atoms with Gasteiger partial charge < -0.3 is 10.2 Å². The van der Waals surface area contributed by atoms with Gasteiger partial charge in [0, 0.05) is 30.5 Å². The summed E-state index contributed by atoms with van der Waals surface area (Å²) in [5, 5.41) is 2.99. The third-order valence-corrected chi connectivity index (χ3v) is 3.62. The first-order chi connectivity index (χ1) is 11.8. The second-order valence-electron chi connectivity index (χ2n) is 5.88. The molecule has 1 aromatic carbocycles. The Hall–Kier alpha value is -2.31. The van der Waals surface area contributed by atoms with Crippen LogP contribution >= 0.6 is 0 Å². The fourth-order valence-electron chi connectivity index (χ4n) is 2.52. The summed E-state index contributed by atoms with van der Waals surface area (Å²) in [6, 6.07) is 6.76. The summed E-state index contributed by atoms with van der Waals surface area (Å²) in [5.41, 5.74) is 0.639. The van der Waals surface area contributed by atoms with Gasteiger partial charge in [-0.1, -0.05) is 13.8 Å². The molecule has 7 heteroatoms. The molecule has 0 bridgehead atoms. The van der Waals surface area contributed by atoms with Gasteiger partial charge in [0.1, 0.15) is 5.82 Å². The van der Waals surface area contributed by atoms with E-state index in [0.717, 1.165) is 49.6 Å². The first kappa shape index (κ1) is 19.0. The van der Waals surface area contributed by atoms with Crippen LogP contribution in [0.15, 0.2) is 30.3 Å². The summed E-state index contributed by atoms with van der Waals surface area (Å²) in [6.45, 7) is 7.88. The van der Waals surface area contributed by atoms with Gasteiger partial charge in [-0.05, 0) is 44.0 Å². The van der Waals surface area contributed by atoms with Crippen LogP contribution < -0.4 is 10.2 Å². The fourth-order valence-corrected chi connectivity index (χ4v) is 2.52. The summed E-state index contributed by atoms with van der Waals surface area (Å²) in [4.78, 5) is 11.0. The standard InChI is InChI=1S/C18H23F3N4/c1-4-10-25(11-5-2)16-12-13(3)22-17(24-16)23-15-8-6-14(7-9-15)18(19,20)21/h6-9,12H,4-5,10-11H2,1-3H3,(H,22,23,24). The Bertz CT molecular complexity index is 678. The molecular weight excluding hydrogens is 329 g/mol. The van der Waals surface area contributed by atoms with Gasteiger partial charge in [-0.25, -0.2) is 4.98 Å². The molecule has 1 N–H and O–H groups in total. The minimum absolute atomic E-state index is 0.381. The number of anilines is 3. The van der Waals surface area contributed by atoms with Gasteiger partial charge in [-0.15, -0.1) is 0 Å². The van der Waals surface area contributed by atoms with Crippen LogP contribution in [-0.4, -0.2) is 23.1 Å². The summed E-state index contributed by atoms with van der Waals surface area (Å²) >= 11 is 0. The molecule has 25 heavy (non-hydrogen) atoms. The normalized spacial score (nSPS) is 11.4. The lowest BCUT2D eigenvalue weighted by Gasteiger charge is -2.23. The van der Waals surface area contributed by atoms with Crippen LogP contribution in [0.25, 0.3) is 0 Å². The zero-order chi connectivity index (χ0) is 18.4. The highest BCUT2D eigenvalue weighted by Crippen LogP contribution is 2.30. The molecule has 0 radical (unpaired) electrons. The van der Waals surface area contributed by atoms with Gasteiger partial charge in [0.2, 0.25) is 5.95 Å². The summed E-state index contributed by atoms with van der Waals surface area (Å²) in [6.07, 6.45) is -2.33. The van der Waals surface area contributed by atoms with Crippen molar-refractivity contribution in [3.05, 3.63) is 41.6 Å². The number of halogens is 3. The van der Waals surface area contributed by atoms with Gasteiger partial charge in [-0.3, -0.25) is 0 Å². The minimum atomic E-state index is -4.34. The smallest absolute Gasteiger partial charge is 0.356 e. The lowest BCUT2D eigenvalue weighted by molar-refractivity contribution is -0.137. The highest BCUT2D eigenvalue weighted by molar-refractivity contribution is 5.56. The summed E-state index contributed by atoms with van der Waals surface area (Å²) in [5.74, 6) is 1.21. The number of nitrogens with one attached hydrogen (secondary N) is 1. The number of rotatable bonds is 7. The number of hydrogen-bond donors (Lipinski definition) is 1. The number of benzene rings is 1. The third-order valence-electron chi connectivity index (χ3n) is 3.62. The Balaban J connectivity index is 2.22. The Morgan fingerprint density at radius 2 is 1.60 bits per heavy atom. The highest BCUT2D eigenvalue weighted by atomic mass is 19.4. The molecule has 4 nitrogen and oxygen atoms in total. The molecule has 0 atom stereocenters. The Morgan fingerprint density at radius 3 is 2.12 bits per heavy atom. The molecule has 0 spiro atoms.